The number of thiophene rings is 1. The van der Waals surface area contributed by atoms with Crippen LogP contribution in [0.4, 0.5) is 0 Å². The lowest BCUT2D eigenvalue weighted by atomic mass is 9.99. The maximum Gasteiger partial charge on any atom is 0.119 e. The molecule has 6 heteroatoms. The molecule has 0 saturated carbocycles. The van der Waals surface area contributed by atoms with Gasteiger partial charge in [-0.1, -0.05) is 23.7 Å². The second-order valence-corrected chi connectivity index (χ2v) is 7.94. The Labute approximate surface area is 157 Å². The molecule has 2 N–H and O–H groups in total. The molecule has 136 valence electrons. The first kappa shape index (κ1) is 18.7. The summed E-state index contributed by atoms with van der Waals surface area (Å²) in [6, 6.07) is 10.1. The number of hydrogen-bond acceptors (Lipinski definition) is 5. The monoisotopic (exact) mass is 382 g/mol. The zero-order chi connectivity index (χ0) is 17.8. The average molecular weight is 383 g/mol. The molecule has 2 aromatic rings. The third-order valence-corrected chi connectivity index (χ3v) is 5.84. The molecular weight excluding hydrogens is 360 g/mol. The molecular formula is C19H23ClO4S. The Morgan fingerprint density at radius 3 is 2.72 bits per heavy atom. The molecule has 4 nitrogen and oxygen atoms in total. The minimum Gasteiger partial charge on any atom is -0.494 e. The Morgan fingerprint density at radius 2 is 2.04 bits per heavy atom. The lowest BCUT2D eigenvalue weighted by Gasteiger charge is -2.31. The van der Waals surface area contributed by atoms with Crippen molar-refractivity contribution < 1.29 is 19.7 Å². The summed E-state index contributed by atoms with van der Waals surface area (Å²) in [5.74, 6) is 0.864. The summed E-state index contributed by atoms with van der Waals surface area (Å²) in [5, 5.41) is 19.3. The fraction of sp³-hybridized carbons (Fsp3) is 0.474. The molecule has 1 aliphatic heterocycles. The Morgan fingerprint density at radius 1 is 1.28 bits per heavy atom. The molecule has 1 fully saturated rings. The van der Waals surface area contributed by atoms with Gasteiger partial charge in [0.2, 0.25) is 0 Å². The lowest BCUT2D eigenvalue weighted by molar-refractivity contribution is -0.112. The van der Waals surface area contributed by atoms with Gasteiger partial charge >= 0.3 is 0 Å². The van der Waals surface area contributed by atoms with Crippen LogP contribution in [0.15, 0.2) is 30.3 Å². The van der Waals surface area contributed by atoms with E-state index in [0.717, 1.165) is 32.5 Å². The number of aliphatic hydroxyl groups excluding tert-OH is 2. The molecule has 0 bridgehead atoms. The predicted molar refractivity (Wildman–Crippen MR) is 99.7 cm³/mol. The summed E-state index contributed by atoms with van der Waals surface area (Å²) >= 11 is 7.92. The number of hydrogen-bond donors (Lipinski definition) is 2. The Bertz CT molecular complexity index is 685. The van der Waals surface area contributed by atoms with Gasteiger partial charge in [0.05, 0.1) is 35.9 Å². The van der Waals surface area contributed by atoms with Crippen LogP contribution in [0.2, 0.25) is 4.34 Å². The molecule has 1 aliphatic rings. The molecule has 0 spiro atoms. The van der Waals surface area contributed by atoms with Crippen LogP contribution >= 0.6 is 22.9 Å². The van der Waals surface area contributed by atoms with E-state index in [9.17, 15) is 10.2 Å². The molecule has 0 aliphatic carbocycles. The topological polar surface area (TPSA) is 58.9 Å². The smallest absolute Gasteiger partial charge is 0.119 e. The standard InChI is InChI=1S/C19H23ClO4S/c1-2-23-15-5-3-12(4-6-15)7-13-8-18(25-19(13)20)17-10-14(22)9-16(11-21)24-17/h3-6,8,14,16-17,21-22H,2,7,9-11H2,1H3. The van der Waals surface area contributed by atoms with Crippen molar-refractivity contribution in [2.24, 2.45) is 0 Å². The molecule has 1 aromatic heterocycles. The van der Waals surface area contributed by atoms with Gasteiger partial charge < -0.3 is 19.7 Å². The first-order valence-electron chi connectivity index (χ1n) is 8.53. The van der Waals surface area contributed by atoms with Gasteiger partial charge in [-0.25, -0.2) is 0 Å². The van der Waals surface area contributed by atoms with Gasteiger partial charge in [-0.2, -0.15) is 0 Å². The molecule has 1 saturated heterocycles. The van der Waals surface area contributed by atoms with Crippen LogP contribution in [0.5, 0.6) is 5.75 Å². The predicted octanol–water partition coefficient (Wildman–Crippen LogP) is 3.96. The van der Waals surface area contributed by atoms with Gasteiger partial charge in [0, 0.05) is 17.7 Å². The summed E-state index contributed by atoms with van der Waals surface area (Å²) < 4.78 is 12.1. The van der Waals surface area contributed by atoms with Crippen LogP contribution in [0.3, 0.4) is 0 Å². The van der Waals surface area contributed by atoms with Crippen LogP contribution in [0.1, 0.15) is 41.9 Å². The summed E-state index contributed by atoms with van der Waals surface area (Å²) in [4.78, 5) is 1.00. The second kappa shape index (κ2) is 8.52. The number of aliphatic hydroxyl groups is 2. The zero-order valence-corrected chi connectivity index (χ0v) is 15.7. The first-order valence-corrected chi connectivity index (χ1v) is 9.72. The molecule has 2 heterocycles. The molecule has 3 unspecified atom stereocenters. The van der Waals surface area contributed by atoms with Crippen LogP contribution in [0.25, 0.3) is 0 Å². The summed E-state index contributed by atoms with van der Waals surface area (Å²) in [6.07, 6.45) is 0.773. The second-order valence-electron chi connectivity index (χ2n) is 6.26. The minimum absolute atomic E-state index is 0.0777. The van der Waals surface area contributed by atoms with Crippen molar-refractivity contribution in [2.75, 3.05) is 13.2 Å². The lowest BCUT2D eigenvalue weighted by Crippen LogP contribution is -2.33. The van der Waals surface area contributed by atoms with E-state index < -0.39 is 6.10 Å². The van der Waals surface area contributed by atoms with E-state index in [1.54, 1.807) is 0 Å². The number of benzene rings is 1. The van der Waals surface area contributed by atoms with Gasteiger partial charge in [-0.15, -0.1) is 11.3 Å². The van der Waals surface area contributed by atoms with Crippen molar-refractivity contribution in [1.82, 2.24) is 0 Å². The zero-order valence-electron chi connectivity index (χ0n) is 14.2. The largest absolute Gasteiger partial charge is 0.494 e. The molecule has 3 rings (SSSR count). The van der Waals surface area contributed by atoms with Crippen molar-refractivity contribution in [3.05, 3.63) is 50.7 Å². The maximum atomic E-state index is 9.99. The number of rotatable bonds is 6. The summed E-state index contributed by atoms with van der Waals surface area (Å²) in [6.45, 7) is 2.54. The van der Waals surface area contributed by atoms with E-state index in [-0.39, 0.29) is 18.8 Å². The normalized spacial score (nSPS) is 23.6. The average Bonchev–Trinajstić information content (AvgIpc) is 2.97. The van der Waals surface area contributed by atoms with Crippen molar-refractivity contribution in [3.63, 3.8) is 0 Å². The first-order chi connectivity index (χ1) is 12.1. The molecule has 0 amide bonds. The molecule has 25 heavy (non-hydrogen) atoms. The van der Waals surface area contributed by atoms with E-state index >= 15 is 0 Å². The van der Waals surface area contributed by atoms with Crippen LogP contribution in [-0.2, 0) is 11.2 Å². The Hall–Kier alpha value is -1.11. The number of ether oxygens (including phenoxy) is 2. The van der Waals surface area contributed by atoms with Crippen molar-refractivity contribution in [1.29, 1.82) is 0 Å². The van der Waals surface area contributed by atoms with Crippen LogP contribution < -0.4 is 4.74 Å². The van der Waals surface area contributed by atoms with Crippen molar-refractivity contribution in [3.8, 4) is 5.75 Å². The fourth-order valence-electron chi connectivity index (χ4n) is 3.09. The third kappa shape index (κ3) is 4.74. The number of halogens is 1. The Kier molecular flexibility index (Phi) is 6.36. The molecule has 1 aromatic carbocycles. The van der Waals surface area contributed by atoms with E-state index in [4.69, 9.17) is 21.1 Å². The van der Waals surface area contributed by atoms with Crippen LogP contribution in [0, 0.1) is 0 Å². The highest BCUT2D eigenvalue weighted by atomic mass is 35.5. The SMILES string of the molecule is CCOc1ccc(Cc2cc(C3CC(O)CC(CO)O3)sc2Cl)cc1. The minimum atomic E-state index is -0.452. The van der Waals surface area contributed by atoms with E-state index in [0.29, 0.717) is 19.4 Å². The van der Waals surface area contributed by atoms with E-state index in [1.165, 1.54) is 11.3 Å². The van der Waals surface area contributed by atoms with Gasteiger partial charge in [0.25, 0.3) is 0 Å². The Balaban J connectivity index is 1.71. The fourth-order valence-corrected chi connectivity index (χ4v) is 4.43. The quantitative estimate of drug-likeness (QED) is 0.793. The van der Waals surface area contributed by atoms with Gasteiger partial charge in [0.15, 0.2) is 0 Å². The van der Waals surface area contributed by atoms with Gasteiger partial charge in [-0.3, -0.25) is 0 Å². The van der Waals surface area contributed by atoms with Crippen molar-refractivity contribution in [2.45, 2.75) is 44.5 Å². The van der Waals surface area contributed by atoms with Crippen molar-refractivity contribution >= 4 is 22.9 Å². The van der Waals surface area contributed by atoms with E-state index in [2.05, 4.69) is 6.07 Å². The third-order valence-electron chi connectivity index (χ3n) is 4.30. The summed E-state index contributed by atoms with van der Waals surface area (Å²) in [7, 11) is 0. The highest BCUT2D eigenvalue weighted by Crippen LogP contribution is 2.39. The van der Waals surface area contributed by atoms with Gasteiger partial charge in [-0.05, 0) is 42.7 Å². The maximum absolute atomic E-state index is 9.99. The highest BCUT2D eigenvalue weighted by molar-refractivity contribution is 7.16. The highest BCUT2D eigenvalue weighted by Gasteiger charge is 2.30. The molecule has 0 radical (unpaired) electrons. The summed E-state index contributed by atoms with van der Waals surface area (Å²) in [5.41, 5.74) is 2.21. The molecule has 3 atom stereocenters. The van der Waals surface area contributed by atoms with Crippen LogP contribution in [-0.4, -0.2) is 35.6 Å². The van der Waals surface area contributed by atoms with E-state index in [1.807, 2.05) is 31.2 Å². The van der Waals surface area contributed by atoms with Gasteiger partial charge in [0.1, 0.15) is 5.75 Å².